The molecule has 0 bridgehead atoms. The van der Waals surface area contributed by atoms with Gasteiger partial charge in [-0.05, 0) is 0 Å². The van der Waals surface area contributed by atoms with Gasteiger partial charge in [-0.15, -0.1) is 0 Å². The highest BCUT2D eigenvalue weighted by molar-refractivity contribution is 4.66. The first-order valence-corrected chi connectivity index (χ1v) is 6.03. The summed E-state index contributed by atoms with van der Waals surface area (Å²) in [6, 6.07) is 0. The first-order valence-electron chi connectivity index (χ1n) is 6.03. The lowest BCUT2D eigenvalue weighted by Gasteiger charge is -2.26. The van der Waals surface area contributed by atoms with Crippen molar-refractivity contribution in [2.24, 2.45) is 0 Å². The first kappa shape index (κ1) is 24.0. The molecule has 0 saturated carbocycles. The summed E-state index contributed by atoms with van der Waals surface area (Å²) in [6.07, 6.45) is -34.8. The number of halogens is 12. The fourth-order valence-corrected chi connectivity index (χ4v) is 0.983. The van der Waals surface area contributed by atoms with Gasteiger partial charge in [-0.1, -0.05) is 0 Å². The Balaban J connectivity index is 5.04. The van der Waals surface area contributed by atoms with Crippen LogP contribution >= 0.6 is 0 Å². The van der Waals surface area contributed by atoms with E-state index >= 15 is 0 Å². The smallest absolute Gasteiger partial charge is 0.279 e. The highest BCUT2D eigenvalue weighted by Crippen LogP contribution is 2.24. The minimum absolute atomic E-state index is 3.41. The molecule has 0 heterocycles. The molecule has 0 aliphatic rings. The van der Waals surface area contributed by atoms with Crippen LogP contribution in [0.1, 0.15) is 0 Å². The van der Waals surface area contributed by atoms with Crippen molar-refractivity contribution in [1.82, 2.24) is 0 Å². The third kappa shape index (κ3) is 8.31. The van der Waals surface area contributed by atoms with E-state index in [0.29, 0.717) is 0 Å². The molecule has 0 saturated heterocycles. The van der Waals surface area contributed by atoms with Crippen molar-refractivity contribution < 1.29 is 66.9 Å². The van der Waals surface area contributed by atoms with Gasteiger partial charge >= 0.3 is 0 Å². The van der Waals surface area contributed by atoms with Crippen molar-refractivity contribution in [1.29, 1.82) is 0 Å². The van der Waals surface area contributed by atoms with Crippen LogP contribution in [0.2, 0.25) is 0 Å². The van der Waals surface area contributed by atoms with Gasteiger partial charge in [-0.3, -0.25) is 14.2 Å². The van der Waals surface area contributed by atoms with Crippen molar-refractivity contribution in [2.45, 2.75) is 63.3 Å². The van der Waals surface area contributed by atoms with Gasteiger partial charge < -0.3 is 0 Å². The summed E-state index contributed by atoms with van der Waals surface area (Å²) in [7, 11) is 0. The minimum atomic E-state index is -4.05. The zero-order chi connectivity index (χ0) is 19.9. The van der Waals surface area contributed by atoms with E-state index < -0.39 is 63.3 Å². The van der Waals surface area contributed by atoms with Crippen LogP contribution in [0.15, 0.2) is 0 Å². The average Bonchev–Trinajstić information content (AvgIpc) is 2.51. The van der Waals surface area contributed by atoms with Crippen molar-refractivity contribution in [3.05, 3.63) is 0 Å². The van der Waals surface area contributed by atoms with E-state index in [0.717, 1.165) is 0 Å². The van der Waals surface area contributed by atoms with Crippen LogP contribution in [0, 0.1) is 0 Å². The largest absolute Gasteiger partial charge is 0.291 e. The molecular weight excluding hydrogens is 396 g/mol. The Morgan fingerprint density at radius 1 is 0.360 bits per heavy atom. The molecule has 0 aromatic carbocycles. The van der Waals surface area contributed by atoms with E-state index in [2.05, 4.69) is 14.2 Å². The van der Waals surface area contributed by atoms with Gasteiger partial charge in [0.2, 0.25) is 37.6 Å². The summed E-state index contributed by atoms with van der Waals surface area (Å²) >= 11 is 0. The van der Waals surface area contributed by atoms with Gasteiger partial charge in [-0.25, -0.2) is 52.7 Å². The zero-order valence-electron chi connectivity index (χ0n) is 11.5. The summed E-state index contributed by atoms with van der Waals surface area (Å²) in [4.78, 5) is 0. The second-order valence-corrected chi connectivity index (χ2v) is 4.09. The lowest BCUT2D eigenvalue weighted by molar-refractivity contribution is -0.391. The zero-order valence-corrected chi connectivity index (χ0v) is 11.5. The van der Waals surface area contributed by atoms with Crippen LogP contribution < -0.4 is 0 Å². The van der Waals surface area contributed by atoms with E-state index in [1.807, 2.05) is 0 Å². The molecule has 3 nitrogen and oxygen atoms in total. The third-order valence-corrected chi connectivity index (χ3v) is 2.20. The predicted octanol–water partition coefficient (Wildman–Crippen LogP) is 4.02. The Kier molecular flexibility index (Phi) is 10.5. The van der Waals surface area contributed by atoms with Crippen LogP contribution in [0.4, 0.5) is 52.7 Å². The molecule has 0 fully saturated rings. The average molecular weight is 406 g/mol. The molecule has 152 valence electrons. The molecule has 0 aromatic rings. The number of hydrogen-bond donors (Lipinski definition) is 0. The van der Waals surface area contributed by atoms with Crippen LogP contribution in [-0.2, 0) is 14.2 Å². The van der Waals surface area contributed by atoms with E-state index in [1.54, 1.807) is 0 Å². The number of alkyl halides is 12. The van der Waals surface area contributed by atoms with E-state index in [9.17, 15) is 52.7 Å². The first-order chi connectivity index (χ1) is 11.4. The molecule has 25 heavy (non-hydrogen) atoms. The second kappa shape index (κ2) is 10.9. The summed E-state index contributed by atoms with van der Waals surface area (Å²) in [5.41, 5.74) is 0. The molecule has 6 unspecified atom stereocenters. The van der Waals surface area contributed by atoms with Crippen LogP contribution in [-0.4, -0.2) is 63.3 Å². The molecule has 6 atom stereocenters. The van der Waals surface area contributed by atoms with Crippen LogP contribution in [0.25, 0.3) is 0 Å². The maximum atomic E-state index is 13.0. The molecular formula is C10H10F12O3. The molecule has 0 aliphatic heterocycles. The summed E-state index contributed by atoms with van der Waals surface area (Å²) in [5, 5.41) is 0. The lowest BCUT2D eigenvalue weighted by Crippen LogP contribution is -2.41. The van der Waals surface area contributed by atoms with Gasteiger partial charge in [-0.2, -0.15) is 0 Å². The number of rotatable bonds is 12. The maximum absolute atomic E-state index is 13.0. The lowest BCUT2D eigenvalue weighted by atomic mass is 10.4. The van der Waals surface area contributed by atoms with Crippen LogP contribution in [0.5, 0.6) is 0 Å². The Labute approximate surface area is 131 Å². The Hall–Kier alpha value is -0.960. The minimum Gasteiger partial charge on any atom is -0.291 e. The van der Waals surface area contributed by atoms with Gasteiger partial charge in [0.1, 0.15) is 0 Å². The Morgan fingerprint density at radius 2 is 0.560 bits per heavy atom. The van der Waals surface area contributed by atoms with Gasteiger partial charge in [0, 0.05) is 0 Å². The Bertz CT molecular complexity index is 310. The summed E-state index contributed by atoms with van der Waals surface area (Å²) in [5.74, 6) is 0. The third-order valence-electron chi connectivity index (χ3n) is 2.20. The fraction of sp³-hybridized carbons (Fsp3) is 1.00. The quantitative estimate of drug-likeness (QED) is 0.362. The second-order valence-electron chi connectivity index (χ2n) is 4.09. The number of hydrogen-bond acceptors (Lipinski definition) is 3. The summed E-state index contributed by atoms with van der Waals surface area (Å²) in [6.45, 7) is -3.45. The molecule has 15 heteroatoms. The molecule has 0 N–H and O–H groups in total. The fourth-order valence-electron chi connectivity index (χ4n) is 0.983. The SMILES string of the molecule is FC(F)C(F)C(F)OC(OC(F)C(F)C(F)F)OC(F)C(F)C(F)F. The summed E-state index contributed by atoms with van der Waals surface area (Å²) < 4.78 is 158. The van der Waals surface area contributed by atoms with Crippen molar-refractivity contribution >= 4 is 0 Å². The van der Waals surface area contributed by atoms with E-state index in [1.165, 1.54) is 0 Å². The molecule has 0 spiro atoms. The van der Waals surface area contributed by atoms with E-state index in [4.69, 9.17) is 0 Å². The molecule has 0 amide bonds. The monoisotopic (exact) mass is 406 g/mol. The molecule has 0 rings (SSSR count). The number of ether oxygens (including phenoxy) is 3. The standard InChI is InChI=1S/C10H10F12O3/c11-1(4(14)15)7(20)23-10(24-8(21)2(12)5(16)17)25-9(22)3(13)6(18)19/h1-10H. The van der Waals surface area contributed by atoms with Gasteiger partial charge in [0.25, 0.3) is 25.8 Å². The van der Waals surface area contributed by atoms with Gasteiger partial charge in [0.15, 0.2) is 0 Å². The molecule has 0 radical (unpaired) electrons. The maximum Gasteiger partial charge on any atom is 0.279 e. The predicted molar refractivity (Wildman–Crippen MR) is 54.4 cm³/mol. The van der Waals surface area contributed by atoms with Crippen LogP contribution in [0.3, 0.4) is 0 Å². The Morgan fingerprint density at radius 3 is 0.720 bits per heavy atom. The molecule has 0 aromatic heterocycles. The molecule has 0 aliphatic carbocycles. The topological polar surface area (TPSA) is 27.7 Å². The van der Waals surface area contributed by atoms with Crippen molar-refractivity contribution in [3.8, 4) is 0 Å². The van der Waals surface area contributed by atoms with Crippen molar-refractivity contribution in [2.75, 3.05) is 0 Å². The highest BCUT2D eigenvalue weighted by atomic mass is 19.3. The van der Waals surface area contributed by atoms with E-state index in [-0.39, 0.29) is 0 Å². The highest BCUT2D eigenvalue weighted by Gasteiger charge is 2.40. The van der Waals surface area contributed by atoms with Crippen molar-refractivity contribution in [3.63, 3.8) is 0 Å². The van der Waals surface area contributed by atoms with Gasteiger partial charge in [0.05, 0.1) is 0 Å². The normalized spacial score (nSPS) is 21.2.